The molecule has 16 heavy (non-hydrogen) atoms. The largest absolute Gasteiger partial charge is 0.444 e. The maximum absolute atomic E-state index is 11.4. The lowest BCUT2D eigenvalue weighted by molar-refractivity contribution is 0.0469. The molecule has 3 N–H and O–H groups in total. The van der Waals surface area contributed by atoms with Gasteiger partial charge >= 0.3 is 6.09 Å². The van der Waals surface area contributed by atoms with Crippen LogP contribution in [0.3, 0.4) is 0 Å². The maximum Gasteiger partial charge on any atom is 0.408 e. The lowest BCUT2D eigenvalue weighted by Gasteiger charge is -2.22. The Morgan fingerprint density at radius 1 is 1.50 bits per heavy atom. The van der Waals surface area contributed by atoms with E-state index in [9.17, 15) is 4.79 Å². The molecule has 0 unspecified atom stereocenters. The second kappa shape index (κ2) is 4.99. The number of epoxide rings is 1. The van der Waals surface area contributed by atoms with Gasteiger partial charge < -0.3 is 25.0 Å². The molecule has 1 saturated heterocycles. The number of rotatable bonds is 4. The molecule has 94 valence electrons. The number of ether oxygens (including phenoxy) is 2. The van der Waals surface area contributed by atoms with Crippen molar-refractivity contribution in [3.05, 3.63) is 0 Å². The molecule has 1 aliphatic rings. The summed E-state index contributed by atoms with van der Waals surface area (Å²) in [6.45, 7) is 4.90. The number of aliphatic hydroxyl groups is 2. The molecule has 3 atom stereocenters. The lowest BCUT2D eigenvalue weighted by Crippen LogP contribution is -2.44. The van der Waals surface area contributed by atoms with Crippen molar-refractivity contribution < 1.29 is 24.5 Å². The number of hydrogen-bond donors (Lipinski definition) is 3. The molecule has 0 aromatic carbocycles. The molecule has 0 aliphatic carbocycles. The smallest absolute Gasteiger partial charge is 0.408 e. The third-order valence-electron chi connectivity index (χ3n) is 2.10. The summed E-state index contributed by atoms with van der Waals surface area (Å²) >= 11 is 0. The van der Waals surface area contributed by atoms with Crippen LogP contribution in [0.1, 0.15) is 20.8 Å². The minimum absolute atomic E-state index is 0.114. The quantitative estimate of drug-likeness (QED) is 0.576. The number of carbonyl (C=O) groups is 1. The first-order valence-electron chi connectivity index (χ1n) is 5.24. The fourth-order valence-corrected chi connectivity index (χ4v) is 1.35. The van der Waals surface area contributed by atoms with Gasteiger partial charge in [-0.15, -0.1) is 0 Å². The molecule has 0 spiro atoms. The molecule has 0 saturated carbocycles. The Morgan fingerprint density at radius 3 is 2.50 bits per heavy atom. The van der Waals surface area contributed by atoms with E-state index in [1.54, 1.807) is 20.8 Å². The van der Waals surface area contributed by atoms with E-state index >= 15 is 0 Å². The summed E-state index contributed by atoms with van der Waals surface area (Å²) in [6.07, 6.45) is -1.23. The van der Waals surface area contributed by atoms with Gasteiger partial charge in [0.2, 0.25) is 0 Å². The topological polar surface area (TPSA) is 91.3 Å². The Morgan fingerprint density at radius 2 is 2.12 bits per heavy atom. The summed E-state index contributed by atoms with van der Waals surface area (Å²) in [4.78, 5) is 11.4. The monoisotopic (exact) mass is 233 g/mol. The molecule has 1 rings (SSSR count). The first-order chi connectivity index (χ1) is 7.37. The highest BCUT2D eigenvalue weighted by molar-refractivity contribution is 5.68. The SMILES string of the molecule is CC(C)(C)OC(=O)N[C@@H](CO)[C@H]1O[C@H]1CO. The second-order valence-corrected chi connectivity index (χ2v) is 4.76. The minimum atomic E-state index is -0.598. The molecule has 0 aromatic rings. The Hall–Kier alpha value is -0.850. The van der Waals surface area contributed by atoms with E-state index in [0.29, 0.717) is 0 Å². The van der Waals surface area contributed by atoms with Gasteiger partial charge in [-0.2, -0.15) is 0 Å². The summed E-state index contributed by atoms with van der Waals surface area (Å²) in [5, 5.41) is 20.4. The highest BCUT2D eigenvalue weighted by Crippen LogP contribution is 2.24. The molecule has 1 heterocycles. The first-order valence-corrected chi connectivity index (χ1v) is 5.24. The van der Waals surface area contributed by atoms with E-state index in [1.807, 2.05) is 0 Å². The van der Waals surface area contributed by atoms with Gasteiger partial charge in [-0.25, -0.2) is 4.79 Å². The van der Waals surface area contributed by atoms with Crippen molar-refractivity contribution in [3.63, 3.8) is 0 Å². The second-order valence-electron chi connectivity index (χ2n) is 4.76. The van der Waals surface area contributed by atoms with E-state index in [2.05, 4.69) is 5.32 Å². The average molecular weight is 233 g/mol. The lowest BCUT2D eigenvalue weighted by atomic mass is 10.2. The van der Waals surface area contributed by atoms with Crippen molar-refractivity contribution in [2.45, 2.75) is 44.6 Å². The molecule has 1 aliphatic heterocycles. The van der Waals surface area contributed by atoms with Crippen LogP contribution in [-0.4, -0.2) is 53.4 Å². The minimum Gasteiger partial charge on any atom is -0.444 e. The van der Waals surface area contributed by atoms with Crippen LogP contribution < -0.4 is 5.32 Å². The van der Waals surface area contributed by atoms with Crippen LogP contribution in [0.2, 0.25) is 0 Å². The highest BCUT2D eigenvalue weighted by Gasteiger charge is 2.45. The summed E-state index contributed by atoms with van der Waals surface area (Å²) in [5.74, 6) is 0. The number of alkyl carbamates (subject to hydrolysis) is 1. The van der Waals surface area contributed by atoms with Gasteiger partial charge in [-0.3, -0.25) is 0 Å². The van der Waals surface area contributed by atoms with Gasteiger partial charge in [0, 0.05) is 0 Å². The number of amides is 1. The van der Waals surface area contributed by atoms with E-state index in [4.69, 9.17) is 19.7 Å². The third-order valence-corrected chi connectivity index (χ3v) is 2.10. The number of nitrogens with one attached hydrogen (secondary N) is 1. The van der Waals surface area contributed by atoms with Gasteiger partial charge in [0.1, 0.15) is 17.8 Å². The van der Waals surface area contributed by atoms with Crippen molar-refractivity contribution in [1.82, 2.24) is 5.32 Å². The van der Waals surface area contributed by atoms with Crippen LogP contribution in [0.15, 0.2) is 0 Å². The zero-order valence-corrected chi connectivity index (χ0v) is 9.77. The predicted octanol–water partition coefficient (Wildman–Crippen LogP) is -0.368. The van der Waals surface area contributed by atoms with Crippen molar-refractivity contribution in [1.29, 1.82) is 0 Å². The van der Waals surface area contributed by atoms with Crippen molar-refractivity contribution in [3.8, 4) is 0 Å². The van der Waals surface area contributed by atoms with E-state index in [-0.39, 0.29) is 25.4 Å². The molecule has 0 aromatic heterocycles. The Balaban J connectivity index is 2.37. The van der Waals surface area contributed by atoms with Gasteiger partial charge in [0.05, 0.1) is 19.3 Å². The zero-order chi connectivity index (χ0) is 12.3. The first kappa shape index (κ1) is 13.2. The number of aliphatic hydroxyl groups excluding tert-OH is 2. The predicted molar refractivity (Wildman–Crippen MR) is 56.0 cm³/mol. The summed E-state index contributed by atoms with van der Waals surface area (Å²) in [7, 11) is 0. The average Bonchev–Trinajstić information content (AvgIpc) is 2.90. The molecular formula is C10H19NO5. The van der Waals surface area contributed by atoms with E-state index in [1.165, 1.54) is 0 Å². The maximum atomic E-state index is 11.4. The standard InChI is InChI=1S/C10H19NO5/c1-10(2,3)16-9(14)11-6(4-12)8-7(5-13)15-8/h6-8,12-13H,4-5H2,1-3H3,(H,11,14)/t6-,7-,8+/m0/s1. The van der Waals surface area contributed by atoms with Crippen LogP contribution in [-0.2, 0) is 9.47 Å². The molecular weight excluding hydrogens is 214 g/mol. The summed E-state index contributed by atoms with van der Waals surface area (Å²) in [6, 6.07) is -0.535. The Bertz CT molecular complexity index is 250. The van der Waals surface area contributed by atoms with Crippen LogP contribution in [0, 0.1) is 0 Å². The van der Waals surface area contributed by atoms with Gasteiger partial charge in [0.25, 0.3) is 0 Å². The molecule has 6 heteroatoms. The molecule has 6 nitrogen and oxygen atoms in total. The van der Waals surface area contributed by atoms with Crippen molar-refractivity contribution in [2.75, 3.05) is 13.2 Å². The van der Waals surface area contributed by atoms with Gasteiger partial charge in [-0.1, -0.05) is 0 Å². The number of hydrogen-bond acceptors (Lipinski definition) is 5. The van der Waals surface area contributed by atoms with Crippen molar-refractivity contribution in [2.24, 2.45) is 0 Å². The molecule has 0 radical (unpaired) electrons. The zero-order valence-electron chi connectivity index (χ0n) is 9.77. The molecule has 1 amide bonds. The normalized spacial score (nSPS) is 26.1. The van der Waals surface area contributed by atoms with E-state index < -0.39 is 17.7 Å². The highest BCUT2D eigenvalue weighted by atomic mass is 16.6. The van der Waals surface area contributed by atoms with Crippen LogP contribution in [0.4, 0.5) is 4.79 Å². The fourth-order valence-electron chi connectivity index (χ4n) is 1.35. The van der Waals surface area contributed by atoms with Crippen LogP contribution >= 0.6 is 0 Å². The Kier molecular flexibility index (Phi) is 4.12. The van der Waals surface area contributed by atoms with Gasteiger partial charge in [-0.05, 0) is 20.8 Å². The fraction of sp³-hybridized carbons (Fsp3) is 0.900. The van der Waals surface area contributed by atoms with Crippen LogP contribution in [0.25, 0.3) is 0 Å². The summed E-state index contributed by atoms with van der Waals surface area (Å²) in [5.41, 5.74) is -0.578. The third kappa shape index (κ3) is 3.96. The number of carbonyl (C=O) groups excluding carboxylic acids is 1. The Labute approximate surface area is 94.5 Å². The molecule has 0 bridgehead atoms. The van der Waals surface area contributed by atoms with Crippen molar-refractivity contribution >= 4 is 6.09 Å². The summed E-state index contributed by atoms with van der Waals surface area (Å²) < 4.78 is 10.1. The van der Waals surface area contributed by atoms with Gasteiger partial charge in [0.15, 0.2) is 0 Å². The van der Waals surface area contributed by atoms with Crippen LogP contribution in [0.5, 0.6) is 0 Å². The van der Waals surface area contributed by atoms with E-state index in [0.717, 1.165) is 0 Å². The molecule has 1 fully saturated rings.